The van der Waals surface area contributed by atoms with E-state index in [1.54, 1.807) is 25.1 Å². The molecule has 0 saturated carbocycles. The number of aliphatic hydroxyl groups excluding tert-OH is 1. The van der Waals surface area contributed by atoms with Crippen molar-refractivity contribution in [3.05, 3.63) is 100 Å². The molecule has 2 aromatic rings. The van der Waals surface area contributed by atoms with Gasteiger partial charge in [-0.1, -0.05) is 55.0 Å². The van der Waals surface area contributed by atoms with Crippen molar-refractivity contribution in [3.8, 4) is 0 Å². The van der Waals surface area contributed by atoms with Gasteiger partial charge in [0.05, 0.1) is 6.61 Å². The maximum atomic E-state index is 13.2. The van der Waals surface area contributed by atoms with Crippen molar-refractivity contribution < 1.29 is 27.8 Å². The van der Waals surface area contributed by atoms with Crippen LogP contribution in [0.5, 0.6) is 0 Å². The maximum Gasteiger partial charge on any atom is 0.387 e. The number of hydrogen-bond donors (Lipinski definition) is 2. The lowest BCUT2D eigenvalue weighted by Gasteiger charge is -2.12. The number of nitrogens with one attached hydrogen (secondary N) is 1. The molecule has 0 radical (unpaired) electrons. The van der Waals surface area contributed by atoms with Crippen molar-refractivity contribution in [1.82, 2.24) is 5.32 Å². The molecule has 2 aromatic carbocycles. The first-order chi connectivity index (χ1) is 16.7. The van der Waals surface area contributed by atoms with Crippen LogP contribution in [0.1, 0.15) is 43.9 Å². The van der Waals surface area contributed by atoms with E-state index in [0.29, 0.717) is 23.8 Å². The van der Waals surface area contributed by atoms with Crippen molar-refractivity contribution in [2.75, 3.05) is 13.7 Å². The van der Waals surface area contributed by atoms with E-state index in [4.69, 9.17) is 14.6 Å². The van der Waals surface area contributed by atoms with Gasteiger partial charge in [-0.15, -0.1) is 0 Å². The molecule has 2 N–H and O–H groups in total. The fourth-order valence-electron chi connectivity index (χ4n) is 3.15. The molecule has 0 saturated heterocycles. The number of carbonyl (C=O) groups excluding carboxylic acids is 1. The Morgan fingerprint density at radius 1 is 1.03 bits per heavy atom. The molecule has 0 heterocycles. The highest BCUT2D eigenvalue weighted by Crippen LogP contribution is 2.24. The molecular formula is C28H34F3NO3. The van der Waals surface area contributed by atoms with E-state index in [1.807, 2.05) is 20.0 Å². The number of halogens is 3. The number of benzene rings is 2. The quantitative estimate of drug-likeness (QED) is 0.224. The molecule has 35 heavy (non-hydrogen) atoms. The first-order valence-electron chi connectivity index (χ1n) is 11.3. The molecule has 0 spiro atoms. The maximum absolute atomic E-state index is 13.2. The van der Waals surface area contributed by atoms with E-state index in [9.17, 15) is 13.2 Å². The van der Waals surface area contributed by atoms with Gasteiger partial charge in [0.1, 0.15) is 17.9 Å². The van der Waals surface area contributed by atoms with Crippen LogP contribution in [0.2, 0.25) is 0 Å². The van der Waals surface area contributed by atoms with E-state index < -0.39 is 6.61 Å². The molecule has 0 atom stereocenters. The topological polar surface area (TPSA) is 58.6 Å². The molecule has 0 aliphatic rings. The minimum absolute atomic E-state index is 0.0624. The van der Waals surface area contributed by atoms with E-state index in [1.165, 1.54) is 23.3 Å². The van der Waals surface area contributed by atoms with Crippen LogP contribution in [0.25, 0.3) is 5.57 Å². The molecular weight excluding hydrogens is 455 g/mol. The SMILES string of the molecule is CC/C(C)=C(/C=C\C(OC(F)F)=C(/C)c1ccc(F)cc1)Cc1ccc(CNC)cc1.O=CCO. The second kappa shape index (κ2) is 16.5. The summed E-state index contributed by atoms with van der Waals surface area (Å²) >= 11 is 0. The number of allylic oxidation sites excluding steroid dienone is 5. The Kier molecular flexibility index (Phi) is 14.1. The van der Waals surface area contributed by atoms with E-state index in [2.05, 4.69) is 36.5 Å². The van der Waals surface area contributed by atoms with Crippen LogP contribution < -0.4 is 5.32 Å². The van der Waals surface area contributed by atoms with Gasteiger partial charge in [-0.05, 0) is 79.8 Å². The van der Waals surface area contributed by atoms with Crippen molar-refractivity contribution in [2.24, 2.45) is 0 Å². The standard InChI is InChI=1S/C26H30F3NO.C2H4O2/c1-5-18(2)23(16-20-6-8-21(9-7-20)17-30-4)12-15-25(31-26(28)29)19(3)22-10-13-24(27)14-11-22;3-1-2-4/h6-15,26,30H,5,16-17H2,1-4H3;1,4H,2H2/b15-12-,23-18-,25-19-;. The second-order valence-corrected chi connectivity index (χ2v) is 7.74. The lowest BCUT2D eigenvalue weighted by molar-refractivity contribution is -0.110. The van der Waals surface area contributed by atoms with Crippen molar-refractivity contribution >= 4 is 11.9 Å². The number of alkyl halides is 2. The van der Waals surface area contributed by atoms with Crippen LogP contribution in [0.15, 0.2) is 77.6 Å². The average molecular weight is 490 g/mol. The summed E-state index contributed by atoms with van der Waals surface area (Å²) in [5, 5.41) is 10.6. The summed E-state index contributed by atoms with van der Waals surface area (Å²) in [5.74, 6) is -0.319. The molecule has 0 unspecified atom stereocenters. The van der Waals surface area contributed by atoms with Gasteiger partial charge in [-0.2, -0.15) is 8.78 Å². The summed E-state index contributed by atoms with van der Waals surface area (Å²) in [6.45, 7) is 3.29. The summed E-state index contributed by atoms with van der Waals surface area (Å²) < 4.78 is 44.1. The fraction of sp³-hybridized carbons (Fsp3) is 0.321. The Bertz CT molecular complexity index is 995. The summed E-state index contributed by atoms with van der Waals surface area (Å²) in [6.07, 6.45) is 5.39. The van der Waals surface area contributed by atoms with Crippen LogP contribution in [-0.4, -0.2) is 31.7 Å². The Hall–Kier alpha value is -3.16. The van der Waals surface area contributed by atoms with Crippen LogP contribution in [0.4, 0.5) is 13.2 Å². The zero-order chi connectivity index (χ0) is 26.2. The predicted octanol–water partition coefficient (Wildman–Crippen LogP) is 6.22. The molecule has 0 aliphatic carbocycles. The Labute approximate surface area is 205 Å². The van der Waals surface area contributed by atoms with Gasteiger partial charge >= 0.3 is 6.61 Å². The first-order valence-corrected chi connectivity index (χ1v) is 11.3. The third-order valence-corrected chi connectivity index (χ3v) is 5.25. The van der Waals surface area contributed by atoms with Crippen LogP contribution in [0.3, 0.4) is 0 Å². The van der Waals surface area contributed by atoms with Crippen LogP contribution >= 0.6 is 0 Å². The number of rotatable bonds is 11. The third kappa shape index (κ3) is 11.2. The van der Waals surface area contributed by atoms with Crippen LogP contribution in [0, 0.1) is 5.82 Å². The van der Waals surface area contributed by atoms with Gasteiger partial charge in [0.15, 0.2) is 0 Å². The average Bonchev–Trinajstić information content (AvgIpc) is 2.86. The number of hydrogen-bond acceptors (Lipinski definition) is 4. The summed E-state index contributed by atoms with van der Waals surface area (Å²) in [5.41, 5.74) is 5.70. The predicted molar refractivity (Wildman–Crippen MR) is 134 cm³/mol. The highest BCUT2D eigenvalue weighted by atomic mass is 19.3. The molecule has 2 rings (SSSR count). The summed E-state index contributed by atoms with van der Waals surface area (Å²) in [6, 6.07) is 14.0. The van der Waals surface area contributed by atoms with Crippen molar-refractivity contribution in [1.29, 1.82) is 0 Å². The molecule has 7 heteroatoms. The van der Waals surface area contributed by atoms with Crippen molar-refractivity contribution in [2.45, 2.75) is 46.8 Å². The molecule has 0 aromatic heterocycles. The van der Waals surface area contributed by atoms with E-state index in [0.717, 1.165) is 24.1 Å². The lowest BCUT2D eigenvalue weighted by atomic mass is 9.97. The first kappa shape index (κ1) is 29.9. The minimum Gasteiger partial charge on any atom is -0.435 e. The summed E-state index contributed by atoms with van der Waals surface area (Å²) in [4.78, 5) is 8.92. The van der Waals surface area contributed by atoms with Gasteiger partial charge in [-0.25, -0.2) is 4.39 Å². The normalized spacial score (nSPS) is 12.6. The Balaban J connectivity index is 0.00000142. The molecule has 0 fully saturated rings. The number of ether oxygens (including phenoxy) is 1. The van der Waals surface area contributed by atoms with Gasteiger partial charge in [0.25, 0.3) is 0 Å². The minimum atomic E-state index is -2.95. The number of aliphatic hydroxyl groups is 1. The highest BCUT2D eigenvalue weighted by Gasteiger charge is 2.11. The molecule has 190 valence electrons. The molecule has 0 bridgehead atoms. The monoisotopic (exact) mass is 489 g/mol. The van der Waals surface area contributed by atoms with Crippen molar-refractivity contribution in [3.63, 3.8) is 0 Å². The second-order valence-electron chi connectivity index (χ2n) is 7.74. The largest absolute Gasteiger partial charge is 0.435 e. The van der Waals surface area contributed by atoms with Crippen LogP contribution in [-0.2, 0) is 22.5 Å². The molecule has 0 amide bonds. The van der Waals surface area contributed by atoms with Gasteiger partial charge in [0, 0.05) is 6.54 Å². The zero-order valence-electron chi connectivity index (χ0n) is 20.7. The summed E-state index contributed by atoms with van der Waals surface area (Å²) in [7, 11) is 1.91. The van der Waals surface area contributed by atoms with E-state index in [-0.39, 0.29) is 18.2 Å². The molecule has 4 nitrogen and oxygen atoms in total. The third-order valence-electron chi connectivity index (χ3n) is 5.25. The Morgan fingerprint density at radius 2 is 1.60 bits per heavy atom. The van der Waals surface area contributed by atoms with Gasteiger partial charge in [-0.3, -0.25) is 0 Å². The Morgan fingerprint density at radius 3 is 2.09 bits per heavy atom. The number of carbonyl (C=O) groups is 1. The lowest BCUT2D eigenvalue weighted by Crippen LogP contribution is -2.04. The molecule has 0 aliphatic heterocycles. The fourth-order valence-corrected chi connectivity index (χ4v) is 3.15. The van der Waals surface area contributed by atoms with Gasteiger partial charge < -0.3 is 20.0 Å². The smallest absolute Gasteiger partial charge is 0.387 e. The number of aldehydes is 1. The van der Waals surface area contributed by atoms with Gasteiger partial charge in [0.2, 0.25) is 0 Å². The van der Waals surface area contributed by atoms with E-state index >= 15 is 0 Å². The zero-order valence-corrected chi connectivity index (χ0v) is 20.7. The highest BCUT2D eigenvalue weighted by molar-refractivity contribution is 5.67.